The summed E-state index contributed by atoms with van der Waals surface area (Å²) in [4.78, 5) is 24.9. The Kier molecular flexibility index (Phi) is 5.41. The molecule has 0 saturated heterocycles. The smallest absolute Gasteiger partial charge is 0.355 e. The summed E-state index contributed by atoms with van der Waals surface area (Å²) in [5.74, 6) is -0.750. The van der Waals surface area contributed by atoms with Crippen LogP contribution in [0.5, 0.6) is 0 Å². The van der Waals surface area contributed by atoms with Gasteiger partial charge in [0.15, 0.2) is 6.61 Å². The molecule has 1 aromatic heterocycles. The van der Waals surface area contributed by atoms with Gasteiger partial charge in [0.25, 0.3) is 5.91 Å². The number of carbonyl (C=O) groups excluding carboxylic acids is 2. The van der Waals surface area contributed by atoms with Gasteiger partial charge in [-0.1, -0.05) is 6.92 Å². The van der Waals surface area contributed by atoms with E-state index in [1.807, 2.05) is 13.8 Å². The third-order valence-electron chi connectivity index (χ3n) is 2.82. The first-order valence-electron chi connectivity index (χ1n) is 6.36. The van der Waals surface area contributed by atoms with Crippen LogP contribution in [0.15, 0.2) is 12.3 Å². The van der Waals surface area contributed by atoms with E-state index in [2.05, 4.69) is 0 Å². The second-order valence-corrected chi connectivity index (χ2v) is 4.34. The number of amides is 1. The zero-order valence-electron chi connectivity index (χ0n) is 11.7. The highest BCUT2D eigenvalue weighted by Crippen LogP contribution is 2.12. The highest BCUT2D eigenvalue weighted by atomic mass is 16.5. The summed E-state index contributed by atoms with van der Waals surface area (Å²) < 4.78 is 6.75. The predicted octanol–water partition coefficient (Wildman–Crippen LogP) is 1.12. The number of anilines is 1. The Balaban J connectivity index is 2.65. The Morgan fingerprint density at radius 2 is 2.11 bits per heavy atom. The minimum atomic E-state index is -0.525. The van der Waals surface area contributed by atoms with Crippen LogP contribution < -0.4 is 5.73 Å². The molecule has 6 heteroatoms. The van der Waals surface area contributed by atoms with Crippen molar-refractivity contribution in [3.8, 4) is 0 Å². The molecule has 2 N–H and O–H groups in total. The lowest BCUT2D eigenvalue weighted by molar-refractivity contribution is -0.133. The van der Waals surface area contributed by atoms with E-state index >= 15 is 0 Å². The largest absolute Gasteiger partial charge is 0.451 e. The van der Waals surface area contributed by atoms with Gasteiger partial charge in [-0.15, -0.1) is 0 Å². The van der Waals surface area contributed by atoms with Crippen LogP contribution in [0.25, 0.3) is 0 Å². The number of rotatable bonds is 6. The lowest BCUT2D eigenvalue weighted by Crippen LogP contribution is -2.31. The van der Waals surface area contributed by atoms with Crippen molar-refractivity contribution < 1.29 is 14.3 Å². The van der Waals surface area contributed by atoms with Crippen molar-refractivity contribution in [2.75, 3.05) is 25.9 Å². The molecule has 1 rings (SSSR count). The SMILES string of the molecule is CCCn1cc(N)cc1C(=O)OCC(=O)N(C)CC. The molecule has 0 bridgehead atoms. The number of aryl methyl sites for hydroxylation is 1. The number of nitrogen functional groups attached to an aromatic ring is 1. The van der Waals surface area contributed by atoms with E-state index in [9.17, 15) is 9.59 Å². The summed E-state index contributed by atoms with van der Waals surface area (Å²) >= 11 is 0. The van der Waals surface area contributed by atoms with Crippen molar-refractivity contribution in [2.45, 2.75) is 26.8 Å². The van der Waals surface area contributed by atoms with Gasteiger partial charge < -0.3 is 19.9 Å². The van der Waals surface area contributed by atoms with Crippen molar-refractivity contribution in [1.29, 1.82) is 0 Å². The summed E-state index contributed by atoms with van der Waals surface area (Å²) in [5.41, 5.74) is 6.56. The first-order valence-corrected chi connectivity index (χ1v) is 6.36. The number of esters is 1. The van der Waals surface area contributed by atoms with Gasteiger partial charge in [-0.2, -0.15) is 0 Å². The van der Waals surface area contributed by atoms with E-state index in [1.54, 1.807) is 23.9 Å². The fourth-order valence-electron chi connectivity index (χ4n) is 1.62. The number of likely N-dealkylation sites (N-methyl/N-ethyl adjacent to an activating group) is 1. The molecular weight excluding hydrogens is 246 g/mol. The van der Waals surface area contributed by atoms with Crippen molar-refractivity contribution in [3.63, 3.8) is 0 Å². The average Bonchev–Trinajstić information content (AvgIpc) is 2.76. The first kappa shape index (κ1) is 15.1. The molecule has 1 amide bonds. The van der Waals surface area contributed by atoms with Gasteiger partial charge in [0, 0.05) is 26.3 Å². The monoisotopic (exact) mass is 267 g/mol. The van der Waals surface area contributed by atoms with E-state index in [0.29, 0.717) is 24.5 Å². The second-order valence-electron chi connectivity index (χ2n) is 4.34. The molecule has 0 saturated carbocycles. The van der Waals surface area contributed by atoms with Crippen LogP contribution in [-0.2, 0) is 16.1 Å². The molecule has 0 aliphatic carbocycles. The highest BCUT2D eigenvalue weighted by Gasteiger charge is 2.16. The van der Waals surface area contributed by atoms with Crippen molar-refractivity contribution in [3.05, 3.63) is 18.0 Å². The zero-order valence-corrected chi connectivity index (χ0v) is 11.7. The van der Waals surface area contributed by atoms with Crippen LogP contribution >= 0.6 is 0 Å². The summed E-state index contributed by atoms with van der Waals surface area (Å²) in [6.07, 6.45) is 2.58. The number of hydrogen-bond donors (Lipinski definition) is 1. The standard InChI is InChI=1S/C13H21N3O3/c1-4-6-16-8-10(14)7-11(16)13(18)19-9-12(17)15(3)5-2/h7-8H,4-6,9,14H2,1-3H3. The Hall–Kier alpha value is -1.98. The summed E-state index contributed by atoms with van der Waals surface area (Å²) in [7, 11) is 1.66. The molecule has 0 radical (unpaired) electrons. The van der Waals surface area contributed by atoms with Gasteiger partial charge in [-0.25, -0.2) is 4.79 Å². The van der Waals surface area contributed by atoms with Gasteiger partial charge in [-0.05, 0) is 19.4 Å². The third-order valence-corrected chi connectivity index (χ3v) is 2.82. The van der Waals surface area contributed by atoms with E-state index in [4.69, 9.17) is 10.5 Å². The van der Waals surface area contributed by atoms with E-state index in [0.717, 1.165) is 6.42 Å². The predicted molar refractivity (Wildman–Crippen MR) is 72.7 cm³/mol. The number of hydrogen-bond acceptors (Lipinski definition) is 4. The zero-order chi connectivity index (χ0) is 14.4. The van der Waals surface area contributed by atoms with Crippen LogP contribution in [0.4, 0.5) is 5.69 Å². The fraction of sp³-hybridized carbons (Fsp3) is 0.538. The van der Waals surface area contributed by atoms with Gasteiger partial charge in [0.2, 0.25) is 0 Å². The Labute approximate surface area is 113 Å². The van der Waals surface area contributed by atoms with Gasteiger partial charge in [0.1, 0.15) is 5.69 Å². The number of carbonyl (C=O) groups is 2. The molecule has 106 valence electrons. The fourth-order valence-corrected chi connectivity index (χ4v) is 1.62. The third kappa shape index (κ3) is 4.01. The molecule has 1 heterocycles. The Bertz CT molecular complexity index is 454. The normalized spacial score (nSPS) is 10.3. The van der Waals surface area contributed by atoms with Crippen LogP contribution in [0.1, 0.15) is 30.8 Å². The Morgan fingerprint density at radius 1 is 1.42 bits per heavy atom. The van der Waals surface area contributed by atoms with E-state index in [-0.39, 0.29) is 12.5 Å². The summed E-state index contributed by atoms with van der Waals surface area (Å²) in [6, 6.07) is 1.56. The molecule has 0 spiro atoms. The molecule has 0 atom stereocenters. The maximum Gasteiger partial charge on any atom is 0.355 e. The van der Waals surface area contributed by atoms with Crippen molar-refractivity contribution in [2.24, 2.45) is 0 Å². The van der Waals surface area contributed by atoms with Crippen LogP contribution in [0.2, 0.25) is 0 Å². The molecule has 0 aliphatic rings. The Morgan fingerprint density at radius 3 is 2.68 bits per heavy atom. The van der Waals surface area contributed by atoms with Gasteiger partial charge in [0.05, 0.1) is 5.69 Å². The van der Waals surface area contributed by atoms with E-state index in [1.165, 1.54) is 4.90 Å². The molecule has 19 heavy (non-hydrogen) atoms. The molecular formula is C13H21N3O3. The number of ether oxygens (including phenoxy) is 1. The number of nitrogens with zero attached hydrogens (tertiary/aromatic N) is 2. The maximum absolute atomic E-state index is 11.9. The van der Waals surface area contributed by atoms with Crippen LogP contribution in [0.3, 0.4) is 0 Å². The molecule has 6 nitrogen and oxygen atoms in total. The lowest BCUT2D eigenvalue weighted by atomic mass is 10.4. The minimum Gasteiger partial charge on any atom is -0.451 e. The summed E-state index contributed by atoms with van der Waals surface area (Å²) in [6.45, 7) is 4.87. The molecule has 0 fully saturated rings. The quantitative estimate of drug-likeness (QED) is 0.783. The molecule has 0 unspecified atom stereocenters. The average molecular weight is 267 g/mol. The second kappa shape index (κ2) is 6.82. The van der Waals surface area contributed by atoms with Crippen molar-refractivity contribution in [1.82, 2.24) is 9.47 Å². The number of nitrogens with two attached hydrogens (primary N) is 1. The molecule has 0 aliphatic heterocycles. The van der Waals surface area contributed by atoms with E-state index < -0.39 is 5.97 Å². The highest BCUT2D eigenvalue weighted by molar-refractivity contribution is 5.91. The summed E-state index contributed by atoms with van der Waals surface area (Å²) in [5, 5.41) is 0. The van der Waals surface area contributed by atoms with Gasteiger partial charge >= 0.3 is 5.97 Å². The molecule has 0 aromatic carbocycles. The topological polar surface area (TPSA) is 77.6 Å². The van der Waals surface area contributed by atoms with Crippen LogP contribution in [-0.4, -0.2) is 41.5 Å². The van der Waals surface area contributed by atoms with Crippen molar-refractivity contribution >= 4 is 17.6 Å². The van der Waals surface area contributed by atoms with Gasteiger partial charge in [-0.3, -0.25) is 4.79 Å². The first-order chi connectivity index (χ1) is 8.99. The lowest BCUT2D eigenvalue weighted by Gasteiger charge is -2.14. The minimum absolute atomic E-state index is 0.225. The van der Waals surface area contributed by atoms with Crippen LogP contribution in [0, 0.1) is 0 Å². The maximum atomic E-state index is 11.9. The number of aromatic nitrogens is 1. The molecule has 1 aromatic rings.